The van der Waals surface area contributed by atoms with Gasteiger partial charge in [0.05, 0.1) is 5.69 Å². The molecule has 0 heterocycles. The van der Waals surface area contributed by atoms with Gasteiger partial charge in [0.25, 0.3) is 0 Å². The first kappa shape index (κ1) is 11.1. The number of fused-ring (bicyclic) bond motifs is 1. The van der Waals surface area contributed by atoms with Gasteiger partial charge >= 0.3 is 0 Å². The Hall–Kier alpha value is -1.96. The highest BCUT2D eigenvalue weighted by Gasteiger charge is 2.14. The average Bonchev–Trinajstić information content (AvgIpc) is 2.79. The Morgan fingerprint density at radius 2 is 1.72 bits per heavy atom. The first-order valence-corrected chi connectivity index (χ1v) is 6.39. The first-order valence-electron chi connectivity index (χ1n) is 6.39. The molecule has 0 saturated carbocycles. The summed E-state index contributed by atoms with van der Waals surface area (Å²) in [5, 5.41) is 0. The number of ether oxygens (including phenoxy) is 1. The van der Waals surface area contributed by atoms with Gasteiger partial charge in [-0.15, -0.1) is 0 Å². The van der Waals surface area contributed by atoms with Crippen LogP contribution in [0.4, 0.5) is 5.69 Å². The number of benzene rings is 2. The van der Waals surface area contributed by atoms with Gasteiger partial charge in [0.15, 0.2) is 5.75 Å². The molecule has 2 heteroatoms. The third-order valence-corrected chi connectivity index (χ3v) is 3.54. The van der Waals surface area contributed by atoms with Crippen LogP contribution >= 0.6 is 0 Å². The van der Waals surface area contributed by atoms with Crippen LogP contribution in [-0.4, -0.2) is 0 Å². The maximum absolute atomic E-state index is 6.07. The molecule has 3 rings (SSSR count). The smallest absolute Gasteiger partial charge is 0.150 e. The van der Waals surface area contributed by atoms with E-state index in [4.69, 9.17) is 10.5 Å². The minimum atomic E-state index is 0.735. The molecule has 2 aromatic carbocycles. The fourth-order valence-electron chi connectivity index (χ4n) is 2.50. The lowest BCUT2D eigenvalue weighted by atomic mass is 10.1. The second kappa shape index (κ2) is 4.37. The monoisotopic (exact) mass is 239 g/mol. The zero-order chi connectivity index (χ0) is 12.5. The standard InChI is InChI=1S/C16H17NO/c1-11-5-2-3-8-15(11)18-16-10-13-7-4-6-12(13)9-14(16)17/h2-3,5,8-10H,4,6-7,17H2,1H3. The Bertz CT molecular complexity index is 590. The molecule has 0 fully saturated rings. The second-order valence-corrected chi connectivity index (χ2v) is 4.88. The molecule has 0 aliphatic heterocycles. The Kier molecular flexibility index (Phi) is 2.71. The highest BCUT2D eigenvalue weighted by Crippen LogP contribution is 2.35. The van der Waals surface area contributed by atoms with E-state index in [1.165, 1.54) is 17.5 Å². The zero-order valence-electron chi connectivity index (χ0n) is 10.6. The number of anilines is 1. The summed E-state index contributed by atoms with van der Waals surface area (Å²) in [4.78, 5) is 0. The van der Waals surface area contributed by atoms with Crippen LogP contribution in [0.2, 0.25) is 0 Å². The molecule has 1 aliphatic carbocycles. The van der Waals surface area contributed by atoms with Crippen LogP contribution in [0, 0.1) is 6.92 Å². The molecule has 18 heavy (non-hydrogen) atoms. The summed E-state index contributed by atoms with van der Waals surface area (Å²) in [5.41, 5.74) is 10.7. The number of aryl methyl sites for hydroxylation is 3. The minimum absolute atomic E-state index is 0.735. The lowest BCUT2D eigenvalue weighted by Gasteiger charge is -2.12. The Labute approximate surface area is 107 Å². The van der Waals surface area contributed by atoms with Gasteiger partial charge in [-0.25, -0.2) is 0 Å². The van der Waals surface area contributed by atoms with Crippen molar-refractivity contribution in [2.24, 2.45) is 0 Å². The molecule has 0 saturated heterocycles. The second-order valence-electron chi connectivity index (χ2n) is 4.88. The molecule has 0 aromatic heterocycles. The summed E-state index contributed by atoms with van der Waals surface area (Å²) >= 11 is 0. The topological polar surface area (TPSA) is 35.2 Å². The third kappa shape index (κ3) is 1.94. The van der Waals surface area contributed by atoms with Crippen molar-refractivity contribution in [1.29, 1.82) is 0 Å². The van der Waals surface area contributed by atoms with Crippen molar-refractivity contribution in [2.75, 3.05) is 5.73 Å². The summed E-state index contributed by atoms with van der Waals surface area (Å²) in [6.45, 7) is 2.04. The molecule has 0 radical (unpaired) electrons. The van der Waals surface area contributed by atoms with E-state index in [1.807, 2.05) is 31.2 Å². The number of nitrogen functional groups attached to an aromatic ring is 1. The van der Waals surface area contributed by atoms with Crippen LogP contribution in [0.25, 0.3) is 0 Å². The molecule has 0 spiro atoms. The molecule has 2 aromatic rings. The van der Waals surface area contributed by atoms with Crippen LogP contribution in [0.5, 0.6) is 11.5 Å². The fraction of sp³-hybridized carbons (Fsp3) is 0.250. The summed E-state index contributed by atoms with van der Waals surface area (Å²) < 4.78 is 5.94. The molecule has 0 unspecified atom stereocenters. The third-order valence-electron chi connectivity index (χ3n) is 3.54. The average molecular weight is 239 g/mol. The van der Waals surface area contributed by atoms with E-state index in [0.29, 0.717) is 0 Å². The molecular formula is C16H17NO. The van der Waals surface area contributed by atoms with E-state index in [0.717, 1.165) is 35.6 Å². The van der Waals surface area contributed by atoms with E-state index in [9.17, 15) is 0 Å². The lowest BCUT2D eigenvalue weighted by Crippen LogP contribution is -1.96. The van der Waals surface area contributed by atoms with Crippen LogP contribution in [0.1, 0.15) is 23.1 Å². The number of nitrogens with two attached hydrogens (primary N) is 1. The lowest BCUT2D eigenvalue weighted by molar-refractivity contribution is 0.480. The van der Waals surface area contributed by atoms with E-state index >= 15 is 0 Å². The number of hydrogen-bond acceptors (Lipinski definition) is 2. The van der Waals surface area contributed by atoms with Crippen LogP contribution in [0.3, 0.4) is 0 Å². The molecule has 92 valence electrons. The molecule has 1 aliphatic rings. The molecule has 0 atom stereocenters. The van der Waals surface area contributed by atoms with Gasteiger partial charge < -0.3 is 10.5 Å². The van der Waals surface area contributed by atoms with E-state index in [-0.39, 0.29) is 0 Å². The van der Waals surface area contributed by atoms with Gasteiger partial charge in [0, 0.05) is 0 Å². The summed E-state index contributed by atoms with van der Waals surface area (Å²) in [5.74, 6) is 1.66. The number of hydrogen-bond donors (Lipinski definition) is 1. The van der Waals surface area contributed by atoms with Gasteiger partial charge in [-0.3, -0.25) is 0 Å². The van der Waals surface area contributed by atoms with E-state index in [2.05, 4.69) is 12.1 Å². The SMILES string of the molecule is Cc1ccccc1Oc1cc2c(cc1N)CCC2. The van der Waals surface area contributed by atoms with Crippen molar-refractivity contribution in [3.8, 4) is 11.5 Å². The van der Waals surface area contributed by atoms with E-state index < -0.39 is 0 Å². The van der Waals surface area contributed by atoms with Crippen molar-refractivity contribution in [1.82, 2.24) is 0 Å². The van der Waals surface area contributed by atoms with Crippen molar-refractivity contribution >= 4 is 5.69 Å². The maximum atomic E-state index is 6.07. The summed E-state index contributed by atoms with van der Waals surface area (Å²) in [7, 11) is 0. The van der Waals surface area contributed by atoms with Crippen LogP contribution < -0.4 is 10.5 Å². The van der Waals surface area contributed by atoms with Crippen molar-refractivity contribution in [3.05, 3.63) is 53.1 Å². The molecular weight excluding hydrogens is 222 g/mol. The van der Waals surface area contributed by atoms with Crippen LogP contribution in [-0.2, 0) is 12.8 Å². The molecule has 0 amide bonds. The summed E-state index contributed by atoms with van der Waals surface area (Å²) in [6.07, 6.45) is 3.51. The predicted octanol–water partition coefficient (Wildman–Crippen LogP) is 3.86. The van der Waals surface area contributed by atoms with Crippen molar-refractivity contribution < 1.29 is 4.74 Å². The highest BCUT2D eigenvalue weighted by molar-refractivity contribution is 5.59. The Morgan fingerprint density at radius 1 is 1.00 bits per heavy atom. The molecule has 0 bridgehead atoms. The molecule has 2 N–H and O–H groups in total. The minimum Gasteiger partial charge on any atom is -0.455 e. The fourth-order valence-corrected chi connectivity index (χ4v) is 2.50. The normalized spacial score (nSPS) is 13.4. The summed E-state index contributed by atoms with van der Waals surface area (Å²) in [6, 6.07) is 12.2. The quantitative estimate of drug-likeness (QED) is 0.808. The maximum Gasteiger partial charge on any atom is 0.150 e. The largest absolute Gasteiger partial charge is 0.455 e. The Balaban J connectivity index is 1.96. The zero-order valence-corrected chi connectivity index (χ0v) is 10.6. The van der Waals surface area contributed by atoms with Gasteiger partial charge in [-0.2, -0.15) is 0 Å². The highest BCUT2D eigenvalue weighted by atomic mass is 16.5. The van der Waals surface area contributed by atoms with Crippen molar-refractivity contribution in [3.63, 3.8) is 0 Å². The number of rotatable bonds is 2. The van der Waals surface area contributed by atoms with Crippen LogP contribution in [0.15, 0.2) is 36.4 Å². The van der Waals surface area contributed by atoms with Gasteiger partial charge in [-0.1, -0.05) is 18.2 Å². The van der Waals surface area contributed by atoms with Gasteiger partial charge in [0.1, 0.15) is 5.75 Å². The molecule has 2 nitrogen and oxygen atoms in total. The predicted molar refractivity (Wildman–Crippen MR) is 74.1 cm³/mol. The van der Waals surface area contributed by atoms with Crippen molar-refractivity contribution in [2.45, 2.75) is 26.2 Å². The van der Waals surface area contributed by atoms with Gasteiger partial charge in [0.2, 0.25) is 0 Å². The van der Waals surface area contributed by atoms with Gasteiger partial charge in [-0.05, 0) is 61.1 Å². The van der Waals surface area contributed by atoms with E-state index in [1.54, 1.807) is 0 Å². The Morgan fingerprint density at radius 3 is 2.50 bits per heavy atom. The number of para-hydroxylation sites is 1. The first-order chi connectivity index (χ1) is 8.74.